The third-order valence-electron chi connectivity index (χ3n) is 2.35. The summed E-state index contributed by atoms with van der Waals surface area (Å²) in [6.07, 6.45) is 11.3. The summed E-state index contributed by atoms with van der Waals surface area (Å²) in [7, 11) is 0. The molecule has 0 rings (SSSR count). The van der Waals surface area contributed by atoms with Gasteiger partial charge in [-0.05, 0) is 31.1 Å². The minimum Gasteiger partial charge on any atom is -0.148 e. The molecule has 0 aliphatic heterocycles. The van der Waals surface area contributed by atoms with Gasteiger partial charge in [0.05, 0.1) is 0 Å². The van der Waals surface area contributed by atoms with Crippen molar-refractivity contribution < 1.29 is 0 Å². The Bertz CT molecular complexity index is 280. The van der Waals surface area contributed by atoms with Crippen molar-refractivity contribution in [3.63, 3.8) is 0 Å². The van der Waals surface area contributed by atoms with Crippen LogP contribution in [0.1, 0.15) is 40.0 Å². The third kappa shape index (κ3) is 6.40. The number of hydrogen-bond acceptors (Lipinski definition) is 1. The smallest absolute Gasteiger partial charge is 0.000391 e. The second kappa shape index (κ2) is 8.60. The normalized spacial score (nSPS) is 14.3. The van der Waals surface area contributed by atoms with Gasteiger partial charge in [0.1, 0.15) is 0 Å². The molecule has 0 aliphatic rings. The molecule has 0 bridgehead atoms. The first-order valence-electron chi connectivity index (χ1n) is 5.51. The van der Waals surface area contributed by atoms with Crippen LogP contribution in [-0.4, -0.2) is 0 Å². The van der Waals surface area contributed by atoms with Crippen molar-refractivity contribution in [1.29, 1.82) is 0 Å². The van der Waals surface area contributed by atoms with E-state index in [1.165, 1.54) is 11.1 Å². The quantitative estimate of drug-likeness (QED) is 0.471. The number of rotatable bonds is 6. The summed E-state index contributed by atoms with van der Waals surface area (Å²) in [5.74, 6) is 0. The van der Waals surface area contributed by atoms with Crippen molar-refractivity contribution in [3.8, 4) is 0 Å². The maximum Gasteiger partial charge on any atom is -0.000391 e. The molecule has 0 aliphatic carbocycles. The fraction of sp³-hybridized carbons (Fsp3) is 0.429. The zero-order chi connectivity index (χ0) is 11.7. The van der Waals surface area contributed by atoms with Crippen LogP contribution in [0, 0.1) is 0 Å². The molecule has 0 heterocycles. The van der Waals surface area contributed by atoms with E-state index in [0.29, 0.717) is 0 Å². The van der Waals surface area contributed by atoms with E-state index in [0.717, 1.165) is 24.2 Å². The largest absolute Gasteiger partial charge is 0.148 e. The molecule has 0 N–H and O–H groups in total. The summed E-state index contributed by atoms with van der Waals surface area (Å²) >= 11 is 4.47. The van der Waals surface area contributed by atoms with Gasteiger partial charge in [-0.15, -0.1) is 12.6 Å². The van der Waals surface area contributed by atoms with E-state index in [1.807, 2.05) is 6.08 Å². The van der Waals surface area contributed by atoms with Crippen molar-refractivity contribution in [1.82, 2.24) is 0 Å². The van der Waals surface area contributed by atoms with Gasteiger partial charge in [-0.25, -0.2) is 0 Å². The Morgan fingerprint density at radius 3 is 2.47 bits per heavy atom. The van der Waals surface area contributed by atoms with Crippen LogP contribution in [0.25, 0.3) is 0 Å². The van der Waals surface area contributed by atoms with Crippen molar-refractivity contribution >= 4 is 12.6 Å². The fourth-order valence-electron chi connectivity index (χ4n) is 1.28. The van der Waals surface area contributed by atoms with Crippen LogP contribution in [0.4, 0.5) is 0 Å². The highest BCUT2D eigenvalue weighted by Gasteiger charge is 1.99. The van der Waals surface area contributed by atoms with E-state index >= 15 is 0 Å². The van der Waals surface area contributed by atoms with Crippen molar-refractivity contribution in [2.75, 3.05) is 0 Å². The van der Waals surface area contributed by atoms with Gasteiger partial charge in [-0.3, -0.25) is 0 Å². The fourth-order valence-corrected chi connectivity index (χ4v) is 1.56. The molecule has 0 atom stereocenters. The Labute approximate surface area is 99.9 Å². The molecule has 0 aromatic heterocycles. The predicted molar refractivity (Wildman–Crippen MR) is 74.3 cm³/mol. The molecule has 0 saturated carbocycles. The summed E-state index contributed by atoms with van der Waals surface area (Å²) < 4.78 is 0. The van der Waals surface area contributed by atoms with E-state index in [4.69, 9.17) is 0 Å². The van der Waals surface area contributed by atoms with Gasteiger partial charge in [0.15, 0.2) is 0 Å². The highest BCUT2D eigenvalue weighted by molar-refractivity contribution is 7.84. The first-order chi connectivity index (χ1) is 7.15. The average molecular weight is 222 g/mol. The van der Waals surface area contributed by atoms with Crippen molar-refractivity contribution in [3.05, 3.63) is 46.9 Å². The molecule has 84 valence electrons. The molecule has 0 saturated heterocycles. The van der Waals surface area contributed by atoms with Gasteiger partial charge in [-0.1, -0.05) is 55.9 Å². The predicted octanol–water partition coefficient (Wildman–Crippen LogP) is 5.07. The van der Waals surface area contributed by atoms with Crippen LogP contribution in [0.15, 0.2) is 46.9 Å². The van der Waals surface area contributed by atoms with Crippen LogP contribution in [0.5, 0.6) is 0 Å². The second-order valence-electron chi connectivity index (χ2n) is 3.52. The van der Waals surface area contributed by atoms with Crippen LogP contribution in [0.2, 0.25) is 0 Å². The molecule has 0 aromatic carbocycles. The first-order valence-corrected chi connectivity index (χ1v) is 5.96. The Balaban J connectivity index is 4.50. The van der Waals surface area contributed by atoms with E-state index in [9.17, 15) is 0 Å². The van der Waals surface area contributed by atoms with E-state index < -0.39 is 0 Å². The van der Waals surface area contributed by atoms with Gasteiger partial charge >= 0.3 is 0 Å². The topological polar surface area (TPSA) is 0 Å². The lowest BCUT2D eigenvalue weighted by Crippen LogP contribution is -1.86. The number of allylic oxidation sites excluding steroid dienone is 7. The standard InChI is InChI=1S/C14H22S/c1-5-8-9-10-14(15)11-13(7-3)12(4)6-2/h6,8-10,15H,2,5,7,11H2,1,3-4H3/b9-8-,13-12+,14-10?. The van der Waals surface area contributed by atoms with Gasteiger partial charge in [-0.2, -0.15) is 0 Å². The molecule has 0 spiro atoms. The minimum atomic E-state index is 0.936. The number of thiol groups is 1. The van der Waals surface area contributed by atoms with Crippen molar-refractivity contribution in [2.45, 2.75) is 40.0 Å². The summed E-state index contributed by atoms with van der Waals surface area (Å²) in [6.45, 7) is 10.2. The zero-order valence-electron chi connectivity index (χ0n) is 10.1. The Hall–Kier alpha value is -0.690. The van der Waals surface area contributed by atoms with E-state index in [2.05, 4.69) is 58.2 Å². The molecule has 0 aromatic rings. The summed E-state index contributed by atoms with van der Waals surface area (Å²) in [4.78, 5) is 1.11. The van der Waals surface area contributed by atoms with Gasteiger partial charge in [0.25, 0.3) is 0 Å². The van der Waals surface area contributed by atoms with Crippen LogP contribution >= 0.6 is 12.6 Å². The van der Waals surface area contributed by atoms with Crippen molar-refractivity contribution in [2.24, 2.45) is 0 Å². The van der Waals surface area contributed by atoms with E-state index in [1.54, 1.807) is 0 Å². The molecule has 0 radical (unpaired) electrons. The highest BCUT2D eigenvalue weighted by atomic mass is 32.1. The van der Waals surface area contributed by atoms with Gasteiger partial charge in [0.2, 0.25) is 0 Å². The molecule has 15 heavy (non-hydrogen) atoms. The highest BCUT2D eigenvalue weighted by Crippen LogP contribution is 2.21. The van der Waals surface area contributed by atoms with Crippen LogP contribution in [-0.2, 0) is 0 Å². The van der Waals surface area contributed by atoms with Crippen LogP contribution < -0.4 is 0 Å². The molecule has 1 heteroatoms. The molecule has 0 fully saturated rings. The average Bonchev–Trinajstić information content (AvgIpc) is 2.25. The van der Waals surface area contributed by atoms with E-state index in [-0.39, 0.29) is 0 Å². The SMILES string of the molecule is C=C/C(C)=C(\CC)CC(S)=C/C=C\CC. The Kier molecular flexibility index (Phi) is 8.21. The maximum absolute atomic E-state index is 4.47. The van der Waals surface area contributed by atoms with Gasteiger partial charge in [0, 0.05) is 0 Å². The monoisotopic (exact) mass is 222 g/mol. The molecule has 0 amide bonds. The summed E-state index contributed by atoms with van der Waals surface area (Å²) in [5, 5.41) is 0. The lowest BCUT2D eigenvalue weighted by molar-refractivity contribution is 1.000. The Morgan fingerprint density at radius 1 is 1.33 bits per heavy atom. The Morgan fingerprint density at radius 2 is 2.00 bits per heavy atom. The summed E-state index contributed by atoms with van der Waals surface area (Å²) in [5.41, 5.74) is 2.69. The number of hydrogen-bond donors (Lipinski definition) is 1. The van der Waals surface area contributed by atoms with Crippen LogP contribution in [0.3, 0.4) is 0 Å². The third-order valence-corrected chi connectivity index (χ3v) is 2.65. The second-order valence-corrected chi connectivity index (χ2v) is 4.09. The molecule has 0 unspecified atom stereocenters. The maximum atomic E-state index is 4.47. The lowest BCUT2D eigenvalue weighted by Gasteiger charge is -2.07. The molecule has 0 nitrogen and oxygen atoms in total. The first kappa shape index (κ1) is 14.3. The summed E-state index contributed by atoms with van der Waals surface area (Å²) in [6, 6.07) is 0. The molecular weight excluding hydrogens is 200 g/mol. The molecular formula is C14H22S. The zero-order valence-corrected chi connectivity index (χ0v) is 11.0. The lowest BCUT2D eigenvalue weighted by atomic mass is 10.0. The van der Waals surface area contributed by atoms with Gasteiger partial charge < -0.3 is 0 Å². The minimum absolute atomic E-state index is 0.936.